The van der Waals surface area contributed by atoms with Gasteiger partial charge in [0.05, 0.1) is 11.4 Å². The molecule has 0 fully saturated rings. The van der Waals surface area contributed by atoms with Gasteiger partial charge >= 0.3 is 0 Å². The normalized spacial score (nSPS) is 18.6. The summed E-state index contributed by atoms with van der Waals surface area (Å²) in [6.07, 6.45) is 2.27. The Labute approximate surface area is 152 Å². The molecule has 0 radical (unpaired) electrons. The van der Waals surface area contributed by atoms with E-state index in [1.165, 1.54) is 5.56 Å². The number of hydrogen-bond acceptors (Lipinski definition) is 3. The van der Waals surface area contributed by atoms with Gasteiger partial charge in [0.2, 0.25) is 5.91 Å². The van der Waals surface area contributed by atoms with Crippen LogP contribution in [0.1, 0.15) is 24.5 Å². The van der Waals surface area contributed by atoms with E-state index in [-0.39, 0.29) is 18.4 Å². The number of nitrogens with zero attached hydrogens (tertiary/aromatic N) is 1. The third-order valence-electron chi connectivity index (χ3n) is 4.80. The number of para-hydroxylation sites is 1. The van der Waals surface area contributed by atoms with Crippen LogP contribution in [0, 0.1) is 0 Å². The molecule has 2 aliphatic rings. The summed E-state index contributed by atoms with van der Waals surface area (Å²) in [7, 11) is 0. The number of benzene rings is 2. The van der Waals surface area contributed by atoms with Crippen LogP contribution in [-0.4, -0.2) is 25.2 Å². The maximum atomic E-state index is 13.0. The summed E-state index contributed by atoms with van der Waals surface area (Å²) < 4.78 is 11.2. The molecule has 2 heterocycles. The van der Waals surface area contributed by atoms with Gasteiger partial charge < -0.3 is 14.4 Å². The summed E-state index contributed by atoms with van der Waals surface area (Å²) in [5.41, 5.74) is 3.10. The standard InChI is InChI=1S/C20H20ClNO3/c1-13-6-7-15-4-2-3-5-17(15)22(13)19(23)12-14-10-16(21)20-18(11-14)24-8-9-25-20/h2-5,10-11,13H,6-9,12H2,1H3. The summed E-state index contributed by atoms with van der Waals surface area (Å²) in [5, 5.41) is 0.493. The van der Waals surface area contributed by atoms with Gasteiger partial charge in [-0.05, 0) is 49.1 Å². The lowest BCUT2D eigenvalue weighted by atomic mass is 9.96. The Morgan fingerprint density at radius 2 is 2.04 bits per heavy atom. The second-order valence-electron chi connectivity index (χ2n) is 6.56. The van der Waals surface area contributed by atoms with Crippen LogP contribution in [0.25, 0.3) is 0 Å². The van der Waals surface area contributed by atoms with Gasteiger partial charge in [-0.3, -0.25) is 4.79 Å². The molecule has 1 amide bonds. The van der Waals surface area contributed by atoms with Crippen molar-refractivity contribution >= 4 is 23.2 Å². The fourth-order valence-electron chi connectivity index (χ4n) is 3.59. The summed E-state index contributed by atoms with van der Waals surface area (Å²) >= 11 is 6.30. The van der Waals surface area contributed by atoms with E-state index in [0.717, 1.165) is 24.1 Å². The van der Waals surface area contributed by atoms with Gasteiger partial charge in [0.25, 0.3) is 0 Å². The first kappa shape index (κ1) is 16.3. The molecule has 25 heavy (non-hydrogen) atoms. The van der Waals surface area contributed by atoms with E-state index in [2.05, 4.69) is 13.0 Å². The first-order valence-corrected chi connectivity index (χ1v) is 8.99. The molecule has 4 rings (SSSR count). The number of aryl methyl sites for hydroxylation is 1. The Balaban J connectivity index is 1.61. The number of halogens is 1. The van der Waals surface area contributed by atoms with Crippen molar-refractivity contribution in [2.24, 2.45) is 0 Å². The van der Waals surface area contributed by atoms with Crippen LogP contribution in [-0.2, 0) is 17.6 Å². The van der Waals surface area contributed by atoms with Crippen LogP contribution in [0.15, 0.2) is 36.4 Å². The Hall–Kier alpha value is -2.20. The topological polar surface area (TPSA) is 38.8 Å². The highest BCUT2D eigenvalue weighted by atomic mass is 35.5. The summed E-state index contributed by atoms with van der Waals surface area (Å²) in [6, 6.07) is 12.0. The SMILES string of the molecule is CC1CCc2ccccc2N1C(=O)Cc1cc(Cl)c2c(c1)OCCO2. The number of ether oxygens (including phenoxy) is 2. The lowest BCUT2D eigenvalue weighted by Gasteiger charge is -2.35. The third-order valence-corrected chi connectivity index (χ3v) is 5.08. The second kappa shape index (κ2) is 6.60. The number of rotatable bonds is 2. The number of amides is 1. The van der Waals surface area contributed by atoms with Crippen molar-refractivity contribution in [3.8, 4) is 11.5 Å². The van der Waals surface area contributed by atoms with Gasteiger partial charge in [-0.1, -0.05) is 29.8 Å². The molecular weight excluding hydrogens is 338 g/mol. The van der Waals surface area contributed by atoms with Gasteiger partial charge in [-0.25, -0.2) is 0 Å². The molecule has 0 aliphatic carbocycles. The predicted octanol–water partition coefficient (Wildman–Crippen LogP) is 4.02. The van der Waals surface area contributed by atoms with Gasteiger partial charge in [-0.15, -0.1) is 0 Å². The zero-order valence-electron chi connectivity index (χ0n) is 14.1. The molecule has 0 N–H and O–H groups in total. The zero-order valence-corrected chi connectivity index (χ0v) is 14.9. The molecule has 0 saturated carbocycles. The number of anilines is 1. The van der Waals surface area contributed by atoms with Crippen LogP contribution in [0.3, 0.4) is 0 Å². The number of hydrogen-bond donors (Lipinski definition) is 0. The van der Waals surface area contributed by atoms with Crippen LogP contribution >= 0.6 is 11.6 Å². The molecule has 130 valence electrons. The molecule has 2 aromatic rings. The monoisotopic (exact) mass is 357 g/mol. The van der Waals surface area contributed by atoms with E-state index >= 15 is 0 Å². The maximum Gasteiger partial charge on any atom is 0.231 e. The van der Waals surface area contributed by atoms with Gasteiger partial charge in [0.15, 0.2) is 11.5 Å². The van der Waals surface area contributed by atoms with Crippen molar-refractivity contribution in [2.75, 3.05) is 18.1 Å². The molecule has 1 unspecified atom stereocenters. The van der Waals surface area contributed by atoms with E-state index in [1.54, 1.807) is 6.07 Å². The molecular formula is C20H20ClNO3. The highest BCUT2D eigenvalue weighted by molar-refractivity contribution is 6.32. The van der Waals surface area contributed by atoms with Crippen LogP contribution in [0.5, 0.6) is 11.5 Å². The van der Waals surface area contributed by atoms with Crippen LogP contribution < -0.4 is 14.4 Å². The van der Waals surface area contributed by atoms with E-state index in [4.69, 9.17) is 21.1 Å². The first-order chi connectivity index (χ1) is 12.1. The molecule has 1 atom stereocenters. The highest BCUT2D eigenvalue weighted by Crippen LogP contribution is 2.39. The number of carbonyl (C=O) groups excluding carboxylic acids is 1. The minimum atomic E-state index is 0.0763. The van der Waals surface area contributed by atoms with Crippen molar-refractivity contribution in [1.82, 2.24) is 0 Å². The van der Waals surface area contributed by atoms with E-state index in [0.29, 0.717) is 29.7 Å². The Morgan fingerprint density at radius 1 is 1.24 bits per heavy atom. The van der Waals surface area contributed by atoms with Gasteiger partial charge in [-0.2, -0.15) is 0 Å². The Kier molecular flexibility index (Phi) is 4.30. The summed E-state index contributed by atoms with van der Waals surface area (Å²) in [5.74, 6) is 1.27. The van der Waals surface area contributed by atoms with Crippen LogP contribution in [0.2, 0.25) is 5.02 Å². The lowest BCUT2D eigenvalue weighted by molar-refractivity contribution is -0.118. The van der Waals surface area contributed by atoms with Crippen molar-refractivity contribution < 1.29 is 14.3 Å². The maximum absolute atomic E-state index is 13.0. The fourth-order valence-corrected chi connectivity index (χ4v) is 3.88. The molecule has 4 nitrogen and oxygen atoms in total. The summed E-state index contributed by atoms with van der Waals surface area (Å²) in [4.78, 5) is 15.0. The molecule has 0 saturated heterocycles. The Bertz CT molecular complexity index is 821. The molecule has 2 aliphatic heterocycles. The van der Waals surface area contributed by atoms with E-state index in [1.807, 2.05) is 29.2 Å². The zero-order chi connectivity index (χ0) is 17.4. The first-order valence-electron chi connectivity index (χ1n) is 8.61. The predicted molar refractivity (Wildman–Crippen MR) is 97.9 cm³/mol. The average molecular weight is 358 g/mol. The molecule has 0 bridgehead atoms. The number of carbonyl (C=O) groups is 1. The second-order valence-corrected chi connectivity index (χ2v) is 6.97. The van der Waals surface area contributed by atoms with Crippen molar-refractivity contribution in [3.05, 3.63) is 52.5 Å². The summed E-state index contributed by atoms with van der Waals surface area (Å²) in [6.45, 7) is 3.09. The quantitative estimate of drug-likeness (QED) is 0.814. The lowest BCUT2D eigenvalue weighted by Crippen LogP contribution is -2.42. The molecule has 0 aromatic heterocycles. The number of fused-ring (bicyclic) bond motifs is 2. The molecule has 0 spiro atoms. The van der Waals surface area contributed by atoms with Gasteiger partial charge in [0.1, 0.15) is 13.2 Å². The molecule has 5 heteroatoms. The largest absolute Gasteiger partial charge is 0.486 e. The third kappa shape index (κ3) is 3.07. The van der Waals surface area contributed by atoms with E-state index in [9.17, 15) is 4.79 Å². The van der Waals surface area contributed by atoms with Crippen molar-refractivity contribution in [2.45, 2.75) is 32.2 Å². The fraction of sp³-hybridized carbons (Fsp3) is 0.350. The smallest absolute Gasteiger partial charge is 0.231 e. The molecule has 2 aromatic carbocycles. The minimum Gasteiger partial charge on any atom is -0.486 e. The van der Waals surface area contributed by atoms with Crippen LogP contribution in [0.4, 0.5) is 5.69 Å². The van der Waals surface area contributed by atoms with E-state index < -0.39 is 0 Å². The minimum absolute atomic E-state index is 0.0763. The van der Waals surface area contributed by atoms with Crippen molar-refractivity contribution in [3.63, 3.8) is 0 Å². The average Bonchev–Trinajstić information content (AvgIpc) is 2.61. The highest BCUT2D eigenvalue weighted by Gasteiger charge is 2.28. The van der Waals surface area contributed by atoms with Crippen molar-refractivity contribution in [1.29, 1.82) is 0 Å². The van der Waals surface area contributed by atoms with Gasteiger partial charge in [0, 0.05) is 11.7 Å². The Morgan fingerprint density at radius 3 is 2.92 bits per heavy atom.